The average Bonchev–Trinajstić information content (AvgIpc) is 2.84. The Labute approximate surface area is 128 Å². The van der Waals surface area contributed by atoms with Gasteiger partial charge in [0, 0.05) is 24.9 Å². The zero-order valence-electron chi connectivity index (χ0n) is 13.3. The number of rotatable bonds is 5. The van der Waals surface area contributed by atoms with Gasteiger partial charge in [-0.1, -0.05) is 0 Å². The van der Waals surface area contributed by atoms with Gasteiger partial charge >= 0.3 is 0 Å². The van der Waals surface area contributed by atoms with Gasteiger partial charge in [-0.25, -0.2) is 0 Å². The minimum Gasteiger partial charge on any atom is -0.493 e. The normalized spacial score (nSPS) is 10.2. The molecule has 0 aliphatic carbocycles. The minimum atomic E-state index is -0.266. The zero-order chi connectivity index (χ0) is 16.3. The van der Waals surface area contributed by atoms with E-state index in [0.717, 1.165) is 5.69 Å². The number of anilines is 1. The smallest absolute Gasteiger partial charge is 0.273 e. The van der Waals surface area contributed by atoms with Gasteiger partial charge in [0.15, 0.2) is 11.5 Å². The number of hydrogen-bond acceptors (Lipinski definition) is 5. The Morgan fingerprint density at radius 2 is 1.68 bits per heavy atom. The van der Waals surface area contributed by atoms with Gasteiger partial charge in [0.1, 0.15) is 5.69 Å². The standard InChI is InChI=1S/C15H19N3O4/c1-9-6-11(18(2)17-9)15(19)16-10-7-12(20-3)14(22-5)13(8-10)21-4/h6-8H,1-5H3,(H,16,19). The fourth-order valence-corrected chi connectivity index (χ4v) is 2.17. The number of aryl methyl sites for hydroxylation is 2. The minimum absolute atomic E-state index is 0.266. The number of nitrogens with zero attached hydrogens (tertiary/aromatic N) is 2. The SMILES string of the molecule is COc1cc(NC(=O)c2cc(C)nn2C)cc(OC)c1OC. The predicted octanol–water partition coefficient (Wildman–Crippen LogP) is 2.01. The van der Waals surface area contributed by atoms with E-state index >= 15 is 0 Å². The molecule has 0 saturated heterocycles. The average molecular weight is 305 g/mol. The lowest BCUT2D eigenvalue weighted by molar-refractivity contribution is 0.101. The van der Waals surface area contributed by atoms with Crippen LogP contribution >= 0.6 is 0 Å². The van der Waals surface area contributed by atoms with Crippen LogP contribution in [0.4, 0.5) is 5.69 Å². The zero-order valence-corrected chi connectivity index (χ0v) is 13.3. The largest absolute Gasteiger partial charge is 0.493 e. The molecule has 2 rings (SSSR count). The fraction of sp³-hybridized carbons (Fsp3) is 0.333. The Kier molecular flexibility index (Phi) is 4.55. The molecule has 0 fully saturated rings. The summed E-state index contributed by atoms with van der Waals surface area (Å²) in [6.45, 7) is 1.83. The summed E-state index contributed by atoms with van der Waals surface area (Å²) in [4.78, 5) is 12.3. The second kappa shape index (κ2) is 6.38. The predicted molar refractivity (Wildman–Crippen MR) is 82.0 cm³/mol. The number of methoxy groups -OCH3 is 3. The van der Waals surface area contributed by atoms with E-state index in [1.54, 1.807) is 25.2 Å². The van der Waals surface area contributed by atoms with Crippen LogP contribution in [0.15, 0.2) is 18.2 Å². The quantitative estimate of drug-likeness (QED) is 0.914. The van der Waals surface area contributed by atoms with Gasteiger partial charge in [-0.15, -0.1) is 0 Å². The molecule has 0 aliphatic rings. The lowest BCUT2D eigenvalue weighted by atomic mass is 10.2. The van der Waals surface area contributed by atoms with Gasteiger partial charge < -0.3 is 19.5 Å². The van der Waals surface area contributed by atoms with Crippen molar-refractivity contribution >= 4 is 11.6 Å². The summed E-state index contributed by atoms with van der Waals surface area (Å²) in [6, 6.07) is 5.05. The first-order chi connectivity index (χ1) is 10.5. The summed E-state index contributed by atoms with van der Waals surface area (Å²) < 4.78 is 17.3. The molecule has 7 nitrogen and oxygen atoms in total. The van der Waals surface area contributed by atoms with Crippen molar-refractivity contribution in [2.24, 2.45) is 7.05 Å². The van der Waals surface area contributed by atoms with Crippen molar-refractivity contribution in [3.8, 4) is 17.2 Å². The number of aromatic nitrogens is 2. The lowest BCUT2D eigenvalue weighted by Crippen LogP contribution is -2.16. The third-order valence-corrected chi connectivity index (χ3v) is 3.16. The first-order valence-electron chi connectivity index (χ1n) is 6.62. The maximum Gasteiger partial charge on any atom is 0.273 e. The van der Waals surface area contributed by atoms with Crippen molar-refractivity contribution in [2.75, 3.05) is 26.6 Å². The van der Waals surface area contributed by atoms with Crippen LogP contribution in [0, 0.1) is 6.92 Å². The van der Waals surface area contributed by atoms with E-state index in [1.165, 1.54) is 26.0 Å². The van der Waals surface area contributed by atoms with Crippen LogP contribution in [0.1, 0.15) is 16.2 Å². The maximum atomic E-state index is 12.3. The maximum absolute atomic E-state index is 12.3. The van der Waals surface area contributed by atoms with Gasteiger partial charge in [-0.2, -0.15) is 5.10 Å². The number of carbonyl (C=O) groups excluding carboxylic acids is 1. The highest BCUT2D eigenvalue weighted by Gasteiger charge is 2.16. The molecule has 0 saturated carbocycles. The fourth-order valence-electron chi connectivity index (χ4n) is 2.17. The van der Waals surface area contributed by atoms with E-state index in [0.29, 0.717) is 28.6 Å². The summed E-state index contributed by atoms with van der Waals surface area (Å²) in [5.74, 6) is 1.15. The monoisotopic (exact) mass is 305 g/mol. The molecule has 0 spiro atoms. The second-order valence-electron chi connectivity index (χ2n) is 4.66. The lowest BCUT2D eigenvalue weighted by Gasteiger charge is -2.14. The molecule has 0 aliphatic heterocycles. The van der Waals surface area contributed by atoms with Gasteiger partial charge in [-0.3, -0.25) is 9.48 Å². The van der Waals surface area contributed by atoms with Crippen molar-refractivity contribution in [1.29, 1.82) is 0 Å². The van der Waals surface area contributed by atoms with Crippen LogP contribution in [-0.2, 0) is 7.05 Å². The Morgan fingerprint density at radius 1 is 1.09 bits per heavy atom. The number of carbonyl (C=O) groups is 1. The molecule has 2 aromatic rings. The first-order valence-corrected chi connectivity index (χ1v) is 6.62. The molecular formula is C15H19N3O4. The van der Waals surface area contributed by atoms with Crippen LogP contribution in [0.25, 0.3) is 0 Å². The van der Waals surface area contributed by atoms with Gasteiger partial charge in [0.2, 0.25) is 5.75 Å². The number of hydrogen-bond donors (Lipinski definition) is 1. The van der Waals surface area contributed by atoms with E-state index < -0.39 is 0 Å². The number of nitrogens with one attached hydrogen (secondary N) is 1. The van der Waals surface area contributed by atoms with Crippen molar-refractivity contribution in [3.63, 3.8) is 0 Å². The Hall–Kier alpha value is -2.70. The molecule has 1 heterocycles. The number of amides is 1. The van der Waals surface area contributed by atoms with Gasteiger partial charge in [-0.05, 0) is 13.0 Å². The molecule has 1 amide bonds. The molecular weight excluding hydrogens is 286 g/mol. The summed E-state index contributed by atoms with van der Waals surface area (Å²) in [5.41, 5.74) is 1.78. The van der Waals surface area contributed by atoms with Crippen LogP contribution < -0.4 is 19.5 Å². The number of benzene rings is 1. The van der Waals surface area contributed by atoms with E-state index in [2.05, 4.69) is 10.4 Å². The molecule has 0 radical (unpaired) electrons. The van der Waals surface area contributed by atoms with E-state index in [9.17, 15) is 4.79 Å². The highest BCUT2D eigenvalue weighted by atomic mass is 16.5. The third kappa shape index (κ3) is 2.98. The van der Waals surface area contributed by atoms with Crippen molar-refractivity contribution < 1.29 is 19.0 Å². The highest BCUT2D eigenvalue weighted by molar-refractivity contribution is 6.03. The third-order valence-electron chi connectivity index (χ3n) is 3.16. The molecule has 7 heteroatoms. The first kappa shape index (κ1) is 15.7. The van der Waals surface area contributed by atoms with E-state index in [-0.39, 0.29) is 5.91 Å². The molecule has 1 aromatic heterocycles. The molecule has 118 valence electrons. The van der Waals surface area contributed by atoms with Crippen molar-refractivity contribution in [2.45, 2.75) is 6.92 Å². The highest BCUT2D eigenvalue weighted by Crippen LogP contribution is 2.39. The molecule has 0 atom stereocenters. The molecule has 0 bridgehead atoms. The summed E-state index contributed by atoms with van der Waals surface area (Å²) in [7, 11) is 6.29. The van der Waals surface area contributed by atoms with E-state index in [4.69, 9.17) is 14.2 Å². The van der Waals surface area contributed by atoms with Crippen LogP contribution in [0.5, 0.6) is 17.2 Å². The Bertz CT molecular complexity index is 669. The topological polar surface area (TPSA) is 74.6 Å². The summed E-state index contributed by atoms with van der Waals surface area (Å²) >= 11 is 0. The van der Waals surface area contributed by atoms with Crippen LogP contribution in [-0.4, -0.2) is 37.0 Å². The summed E-state index contributed by atoms with van der Waals surface area (Å²) in [6.07, 6.45) is 0. The molecule has 22 heavy (non-hydrogen) atoms. The van der Waals surface area contributed by atoms with Gasteiger partial charge in [0.25, 0.3) is 5.91 Å². The van der Waals surface area contributed by atoms with Crippen LogP contribution in [0.3, 0.4) is 0 Å². The summed E-state index contributed by atoms with van der Waals surface area (Å²) in [5, 5.41) is 6.95. The molecule has 1 N–H and O–H groups in total. The Morgan fingerprint density at radius 3 is 2.09 bits per heavy atom. The number of ether oxygens (including phenoxy) is 3. The van der Waals surface area contributed by atoms with Crippen molar-refractivity contribution in [1.82, 2.24) is 9.78 Å². The van der Waals surface area contributed by atoms with Gasteiger partial charge in [0.05, 0.1) is 27.0 Å². The van der Waals surface area contributed by atoms with E-state index in [1.807, 2.05) is 6.92 Å². The second-order valence-corrected chi connectivity index (χ2v) is 4.66. The molecule has 1 aromatic carbocycles. The van der Waals surface area contributed by atoms with Crippen LogP contribution in [0.2, 0.25) is 0 Å². The van der Waals surface area contributed by atoms with Crippen molar-refractivity contribution in [3.05, 3.63) is 29.6 Å². The molecule has 0 unspecified atom stereocenters. The Balaban J connectivity index is 2.33.